The van der Waals surface area contributed by atoms with Crippen LogP contribution < -0.4 is 15.5 Å². The summed E-state index contributed by atoms with van der Waals surface area (Å²) in [6.45, 7) is 4.62. The fraction of sp³-hybridized carbons (Fsp3) is 0.700. The molecule has 1 amide bonds. The minimum absolute atomic E-state index is 0.0460. The van der Waals surface area contributed by atoms with E-state index in [1.54, 1.807) is 23.1 Å². The van der Waals surface area contributed by atoms with Crippen LogP contribution in [0.4, 0.5) is 27.8 Å². The summed E-state index contributed by atoms with van der Waals surface area (Å²) in [7, 11) is 1.99. The maximum atomic E-state index is 14.2. The Morgan fingerprint density at radius 1 is 1.15 bits per heavy atom. The fourth-order valence-electron chi connectivity index (χ4n) is 6.93. The lowest BCUT2D eigenvalue weighted by molar-refractivity contribution is -0.183. The molecule has 0 aromatic carbocycles. The molecule has 4 atom stereocenters. The van der Waals surface area contributed by atoms with Crippen LogP contribution in [0.1, 0.15) is 68.4 Å². The Morgan fingerprint density at radius 2 is 1.87 bits per heavy atom. The van der Waals surface area contributed by atoms with Gasteiger partial charge in [-0.3, -0.25) is 14.8 Å². The molecular formula is C30H41F5N10O2. The first-order chi connectivity index (χ1) is 22.3. The van der Waals surface area contributed by atoms with E-state index in [0.717, 1.165) is 13.1 Å². The molecule has 2 aliphatic heterocycles. The number of aliphatic hydroxyl groups excluding tert-OH is 1. The number of rotatable bonds is 9. The van der Waals surface area contributed by atoms with Gasteiger partial charge in [0.2, 0.25) is 11.8 Å². The molecule has 258 valence electrons. The van der Waals surface area contributed by atoms with E-state index in [2.05, 4.69) is 20.6 Å². The maximum Gasteiger partial charge on any atom is 0.393 e. The minimum atomic E-state index is -4.44. The molecule has 17 heteroatoms. The van der Waals surface area contributed by atoms with Gasteiger partial charge in [-0.05, 0) is 45.2 Å². The molecule has 1 saturated carbocycles. The van der Waals surface area contributed by atoms with Crippen molar-refractivity contribution in [2.45, 2.75) is 76.4 Å². The highest BCUT2D eigenvalue weighted by Gasteiger charge is 2.45. The van der Waals surface area contributed by atoms with E-state index < -0.39 is 48.7 Å². The second-order valence-electron chi connectivity index (χ2n) is 13.0. The van der Waals surface area contributed by atoms with Crippen LogP contribution in [0.2, 0.25) is 0 Å². The number of piperazine rings is 1. The van der Waals surface area contributed by atoms with Crippen LogP contribution in [0.15, 0.2) is 18.5 Å². The number of alkyl halides is 5. The van der Waals surface area contributed by atoms with Crippen LogP contribution in [0, 0.1) is 17.8 Å². The van der Waals surface area contributed by atoms with Crippen molar-refractivity contribution in [1.29, 1.82) is 0 Å². The van der Waals surface area contributed by atoms with Gasteiger partial charge in [-0.25, -0.2) is 18.3 Å². The van der Waals surface area contributed by atoms with Crippen molar-refractivity contribution in [3.05, 3.63) is 35.5 Å². The second kappa shape index (κ2) is 13.2. The maximum absolute atomic E-state index is 14.2. The smallest absolute Gasteiger partial charge is 0.373 e. The normalized spacial score (nSPS) is 24.4. The minimum Gasteiger partial charge on any atom is -0.373 e. The third kappa shape index (κ3) is 7.36. The van der Waals surface area contributed by atoms with Crippen molar-refractivity contribution in [2.24, 2.45) is 17.8 Å². The van der Waals surface area contributed by atoms with E-state index in [1.807, 2.05) is 18.9 Å². The highest BCUT2D eigenvalue weighted by molar-refractivity contribution is 5.80. The predicted molar refractivity (Wildman–Crippen MR) is 161 cm³/mol. The monoisotopic (exact) mass is 668 g/mol. The van der Waals surface area contributed by atoms with Gasteiger partial charge < -0.3 is 20.2 Å². The molecule has 6 rings (SSSR count). The van der Waals surface area contributed by atoms with E-state index in [0.29, 0.717) is 42.5 Å². The number of amides is 1. The molecule has 5 heterocycles. The van der Waals surface area contributed by atoms with E-state index in [4.69, 9.17) is 15.1 Å². The average Bonchev–Trinajstić information content (AvgIpc) is 3.67. The van der Waals surface area contributed by atoms with Crippen LogP contribution >= 0.6 is 0 Å². The van der Waals surface area contributed by atoms with Gasteiger partial charge in [0.25, 0.3) is 5.78 Å². The van der Waals surface area contributed by atoms with Gasteiger partial charge in [-0.1, -0.05) is 0 Å². The first kappa shape index (κ1) is 33.5. The van der Waals surface area contributed by atoms with Gasteiger partial charge in [0, 0.05) is 70.6 Å². The zero-order chi connectivity index (χ0) is 33.5. The summed E-state index contributed by atoms with van der Waals surface area (Å²) >= 11 is 0. The fourth-order valence-corrected chi connectivity index (χ4v) is 6.93. The molecule has 0 bridgehead atoms. The second-order valence-corrected chi connectivity index (χ2v) is 13.0. The summed E-state index contributed by atoms with van der Waals surface area (Å²) in [5.41, 5.74) is 1.33. The largest absolute Gasteiger partial charge is 0.393 e. The van der Waals surface area contributed by atoms with Crippen molar-refractivity contribution in [3.63, 3.8) is 0 Å². The molecule has 3 fully saturated rings. The van der Waals surface area contributed by atoms with E-state index in [1.165, 1.54) is 4.52 Å². The van der Waals surface area contributed by atoms with Crippen LogP contribution in [0.25, 0.3) is 5.78 Å². The Bertz CT molecular complexity index is 1540. The lowest BCUT2D eigenvalue weighted by atomic mass is 9.81. The number of halogens is 5. The third-order valence-electron chi connectivity index (χ3n) is 9.77. The van der Waals surface area contributed by atoms with Gasteiger partial charge >= 0.3 is 6.18 Å². The van der Waals surface area contributed by atoms with Crippen LogP contribution in [0.5, 0.6) is 0 Å². The van der Waals surface area contributed by atoms with Gasteiger partial charge in [-0.15, -0.1) is 0 Å². The van der Waals surface area contributed by atoms with Crippen molar-refractivity contribution in [1.82, 2.24) is 44.9 Å². The SMILES string of the molecule is CCn1nccc1C(O)N[C@H](c1cn2nc(C[C@H]3C[C@@H](C(F)(F)F)CNC3=O)c(N3CCN(C)CC3)nc2n1)C1CCC(F)(F)CC1. The quantitative estimate of drug-likeness (QED) is 0.233. The molecule has 1 unspecified atom stereocenters. The van der Waals surface area contributed by atoms with Crippen LogP contribution in [0.3, 0.4) is 0 Å². The number of aryl methyl sites for hydroxylation is 1. The lowest BCUT2D eigenvalue weighted by Gasteiger charge is -2.34. The number of nitrogens with zero attached hydrogens (tertiary/aromatic N) is 8. The number of piperidine rings is 1. The zero-order valence-corrected chi connectivity index (χ0v) is 26.4. The van der Waals surface area contributed by atoms with Crippen molar-refractivity contribution in [3.8, 4) is 0 Å². The molecular weight excluding hydrogens is 627 g/mol. The van der Waals surface area contributed by atoms with Crippen LogP contribution in [-0.4, -0.2) is 97.1 Å². The Labute approximate surface area is 268 Å². The standard InChI is InChI=1S/C30H41F5N10O2/c1-3-44-23(6-9-37-44)27(47)39-24(18-4-7-29(31,32)8-5-18)22-17-45-28(38-22)40-25(43-12-10-42(2)11-13-43)21(41-45)15-19-14-20(30(33,34)35)16-36-26(19)46/h6,9,17-20,24,27,39,47H,3-5,7-8,10-16H2,1-2H3,(H,36,46)/t19-,20-,24+,27?/m1/s1. The molecule has 3 N–H and O–H groups in total. The molecule has 12 nitrogen and oxygen atoms in total. The van der Waals surface area contributed by atoms with Crippen LogP contribution in [-0.2, 0) is 17.8 Å². The lowest BCUT2D eigenvalue weighted by Crippen LogP contribution is -2.48. The van der Waals surface area contributed by atoms with E-state index >= 15 is 0 Å². The number of aromatic nitrogens is 6. The Hall–Kier alpha value is -3.44. The highest BCUT2D eigenvalue weighted by Crippen LogP contribution is 2.42. The number of hydrogen-bond acceptors (Lipinski definition) is 9. The number of aliphatic hydroxyl groups is 1. The number of carbonyl (C=O) groups excluding carboxylic acids is 1. The Kier molecular flexibility index (Phi) is 9.41. The average molecular weight is 669 g/mol. The number of carbonyl (C=O) groups is 1. The molecule has 2 saturated heterocycles. The van der Waals surface area contributed by atoms with Crippen molar-refractivity contribution < 1.29 is 31.9 Å². The number of fused-ring (bicyclic) bond motifs is 1. The summed E-state index contributed by atoms with van der Waals surface area (Å²) in [6, 6.07) is 1.04. The topological polar surface area (TPSA) is 129 Å². The van der Waals surface area contributed by atoms with Gasteiger partial charge in [0.05, 0.1) is 29.5 Å². The Balaban J connectivity index is 1.36. The summed E-state index contributed by atoms with van der Waals surface area (Å²) in [6.07, 6.45) is -2.98. The van der Waals surface area contributed by atoms with Crippen molar-refractivity contribution in [2.75, 3.05) is 44.7 Å². The summed E-state index contributed by atoms with van der Waals surface area (Å²) < 4.78 is 72.3. The molecule has 0 radical (unpaired) electrons. The first-order valence-corrected chi connectivity index (χ1v) is 16.2. The summed E-state index contributed by atoms with van der Waals surface area (Å²) in [5, 5.41) is 25.8. The highest BCUT2D eigenvalue weighted by atomic mass is 19.4. The molecule has 3 aliphatic rings. The number of hydrogen-bond donors (Lipinski definition) is 3. The number of likely N-dealkylation sites (N-methyl/N-ethyl adjacent to an activating group) is 1. The van der Waals surface area contributed by atoms with Gasteiger partial charge in [-0.2, -0.15) is 28.4 Å². The predicted octanol–water partition coefficient (Wildman–Crippen LogP) is 3.10. The van der Waals surface area contributed by atoms with E-state index in [9.17, 15) is 31.9 Å². The molecule has 47 heavy (non-hydrogen) atoms. The molecule has 0 spiro atoms. The molecule has 3 aromatic rings. The summed E-state index contributed by atoms with van der Waals surface area (Å²) in [5.74, 6) is -5.42. The molecule has 1 aliphatic carbocycles. The number of imidazole rings is 1. The first-order valence-electron chi connectivity index (χ1n) is 16.2. The summed E-state index contributed by atoms with van der Waals surface area (Å²) in [4.78, 5) is 26.5. The van der Waals surface area contributed by atoms with Gasteiger partial charge in [0.1, 0.15) is 11.9 Å². The van der Waals surface area contributed by atoms with Crippen molar-refractivity contribution >= 4 is 17.5 Å². The third-order valence-corrected chi connectivity index (χ3v) is 9.77. The van der Waals surface area contributed by atoms with E-state index in [-0.39, 0.29) is 50.2 Å². The Morgan fingerprint density at radius 3 is 2.55 bits per heavy atom. The molecule has 3 aromatic heterocycles. The zero-order valence-electron chi connectivity index (χ0n) is 26.4. The number of anilines is 1. The number of nitrogens with one attached hydrogen (secondary N) is 2. The van der Waals surface area contributed by atoms with Gasteiger partial charge in [0.15, 0.2) is 5.82 Å².